The molecule has 2 amide bonds. The van der Waals surface area contributed by atoms with E-state index in [-0.39, 0.29) is 23.5 Å². The highest BCUT2D eigenvalue weighted by Crippen LogP contribution is 2.20. The second-order valence-corrected chi connectivity index (χ2v) is 5.62. The van der Waals surface area contributed by atoms with Crippen LogP contribution in [0, 0.1) is 0 Å². The third-order valence-corrected chi connectivity index (χ3v) is 3.91. The molecule has 0 radical (unpaired) electrons. The van der Waals surface area contributed by atoms with Gasteiger partial charge in [0.2, 0.25) is 0 Å². The largest absolute Gasteiger partial charge is 0.473 e. The van der Waals surface area contributed by atoms with Crippen LogP contribution in [0.5, 0.6) is 5.75 Å². The number of carbonyl (C=O) groups is 3. The molecule has 8 nitrogen and oxygen atoms in total. The lowest BCUT2D eigenvalue weighted by molar-refractivity contribution is 0.0587. The van der Waals surface area contributed by atoms with Gasteiger partial charge in [-0.2, -0.15) is 0 Å². The number of anilines is 1. The van der Waals surface area contributed by atoms with Gasteiger partial charge in [-0.3, -0.25) is 0 Å². The number of benzene rings is 2. The molecule has 0 spiro atoms. The van der Waals surface area contributed by atoms with Gasteiger partial charge in [0.05, 0.1) is 31.0 Å². The Morgan fingerprint density at radius 2 is 1.68 bits per heavy atom. The second-order valence-electron chi connectivity index (χ2n) is 5.62. The van der Waals surface area contributed by atoms with Crippen molar-refractivity contribution < 1.29 is 28.6 Å². The number of ether oxygens (including phenoxy) is 3. The number of carbonyl (C=O) groups excluding carboxylic acids is 3. The van der Waals surface area contributed by atoms with Gasteiger partial charge in [0.15, 0.2) is 6.73 Å². The van der Waals surface area contributed by atoms with E-state index in [1.807, 2.05) is 31.2 Å². The number of hydrogen-bond acceptors (Lipinski definition) is 6. The topological polar surface area (TPSA) is 103 Å². The average molecular weight is 386 g/mol. The zero-order chi connectivity index (χ0) is 20.5. The SMILES string of the molecule is CCc1ccccc1OCNC(=O)Nc1cc(C(=O)OC)ccc1C(=O)OC. The van der Waals surface area contributed by atoms with Crippen LogP contribution in [0.15, 0.2) is 42.5 Å². The smallest absolute Gasteiger partial charge is 0.339 e. The fourth-order valence-electron chi connectivity index (χ4n) is 2.46. The van der Waals surface area contributed by atoms with Gasteiger partial charge in [0.1, 0.15) is 5.75 Å². The highest BCUT2D eigenvalue weighted by atomic mass is 16.5. The molecule has 0 aliphatic heterocycles. The van der Waals surface area contributed by atoms with Crippen molar-refractivity contribution in [3.63, 3.8) is 0 Å². The molecule has 0 saturated heterocycles. The van der Waals surface area contributed by atoms with Crippen molar-refractivity contribution in [1.82, 2.24) is 5.32 Å². The number of urea groups is 1. The summed E-state index contributed by atoms with van der Waals surface area (Å²) in [4.78, 5) is 35.8. The van der Waals surface area contributed by atoms with E-state index >= 15 is 0 Å². The molecule has 2 N–H and O–H groups in total. The summed E-state index contributed by atoms with van der Waals surface area (Å²) >= 11 is 0. The van der Waals surface area contributed by atoms with Gasteiger partial charge in [-0.05, 0) is 36.2 Å². The molecule has 0 aliphatic rings. The van der Waals surface area contributed by atoms with Gasteiger partial charge in [0.25, 0.3) is 0 Å². The Kier molecular flexibility index (Phi) is 7.38. The number of aryl methyl sites for hydroxylation is 1. The van der Waals surface area contributed by atoms with Crippen LogP contribution in [0.25, 0.3) is 0 Å². The van der Waals surface area contributed by atoms with Crippen molar-refractivity contribution >= 4 is 23.7 Å². The fraction of sp³-hybridized carbons (Fsp3) is 0.250. The zero-order valence-electron chi connectivity index (χ0n) is 15.9. The quantitative estimate of drug-likeness (QED) is 0.560. The van der Waals surface area contributed by atoms with E-state index in [2.05, 4.69) is 15.4 Å². The first-order valence-corrected chi connectivity index (χ1v) is 8.56. The van der Waals surface area contributed by atoms with Crippen LogP contribution in [0.3, 0.4) is 0 Å². The molecule has 2 rings (SSSR count). The number of para-hydroxylation sites is 1. The lowest BCUT2D eigenvalue weighted by Gasteiger charge is -2.14. The zero-order valence-corrected chi connectivity index (χ0v) is 15.9. The highest BCUT2D eigenvalue weighted by Gasteiger charge is 2.17. The van der Waals surface area contributed by atoms with Crippen LogP contribution in [-0.2, 0) is 15.9 Å². The third kappa shape index (κ3) is 5.23. The van der Waals surface area contributed by atoms with E-state index in [4.69, 9.17) is 9.47 Å². The summed E-state index contributed by atoms with van der Waals surface area (Å²) in [6.07, 6.45) is 0.797. The Morgan fingerprint density at radius 1 is 0.964 bits per heavy atom. The maximum absolute atomic E-state index is 12.2. The van der Waals surface area contributed by atoms with Gasteiger partial charge in [-0.25, -0.2) is 14.4 Å². The minimum atomic E-state index is -0.653. The fourth-order valence-corrected chi connectivity index (χ4v) is 2.46. The van der Waals surface area contributed by atoms with E-state index < -0.39 is 18.0 Å². The summed E-state index contributed by atoms with van der Waals surface area (Å²) in [6, 6.07) is 11.0. The Balaban J connectivity index is 2.07. The minimum absolute atomic E-state index is 0.0763. The maximum Gasteiger partial charge on any atom is 0.339 e. The molecule has 0 atom stereocenters. The van der Waals surface area contributed by atoms with Crippen molar-refractivity contribution in [2.24, 2.45) is 0 Å². The molecule has 148 valence electrons. The maximum atomic E-state index is 12.2. The number of methoxy groups -OCH3 is 2. The van der Waals surface area contributed by atoms with Gasteiger partial charge in [-0.15, -0.1) is 0 Å². The second kappa shape index (κ2) is 9.96. The highest BCUT2D eigenvalue weighted by molar-refractivity contribution is 6.03. The number of rotatable bonds is 7. The standard InChI is InChI=1S/C20H22N2O6/c1-4-13-7-5-6-8-17(13)28-12-21-20(25)22-16-11-14(18(23)26-2)9-10-15(16)19(24)27-3/h5-11H,4,12H2,1-3H3,(H2,21,22,25). The van der Waals surface area contributed by atoms with Crippen molar-refractivity contribution in [3.8, 4) is 5.75 Å². The van der Waals surface area contributed by atoms with Crippen LogP contribution in [-0.4, -0.2) is 38.9 Å². The molecule has 0 heterocycles. The molecule has 0 bridgehead atoms. The molecule has 8 heteroatoms. The number of amides is 2. The van der Waals surface area contributed by atoms with Crippen molar-refractivity contribution in [2.75, 3.05) is 26.3 Å². The molecule has 0 aliphatic carbocycles. The number of esters is 2. The predicted molar refractivity (Wildman–Crippen MR) is 103 cm³/mol. The molecule has 2 aromatic carbocycles. The van der Waals surface area contributed by atoms with E-state index in [9.17, 15) is 14.4 Å². The summed E-state index contributed by atoms with van der Waals surface area (Å²) in [7, 11) is 2.46. The first-order valence-electron chi connectivity index (χ1n) is 8.56. The Morgan fingerprint density at radius 3 is 2.36 bits per heavy atom. The lowest BCUT2D eigenvalue weighted by atomic mass is 10.1. The van der Waals surface area contributed by atoms with Crippen LogP contribution < -0.4 is 15.4 Å². The van der Waals surface area contributed by atoms with Crippen molar-refractivity contribution in [2.45, 2.75) is 13.3 Å². The number of hydrogen-bond donors (Lipinski definition) is 2. The normalized spacial score (nSPS) is 9.96. The van der Waals surface area contributed by atoms with Crippen LogP contribution >= 0.6 is 0 Å². The molecular formula is C20H22N2O6. The van der Waals surface area contributed by atoms with Gasteiger partial charge in [0, 0.05) is 0 Å². The summed E-state index contributed by atoms with van der Waals surface area (Å²) in [5, 5.41) is 5.06. The average Bonchev–Trinajstić information content (AvgIpc) is 2.72. The Labute approximate surface area is 162 Å². The summed E-state index contributed by atoms with van der Waals surface area (Å²) in [5.41, 5.74) is 1.41. The minimum Gasteiger partial charge on any atom is -0.473 e. The molecule has 0 saturated carbocycles. The third-order valence-electron chi connectivity index (χ3n) is 3.91. The molecular weight excluding hydrogens is 364 g/mol. The van der Waals surface area contributed by atoms with E-state index in [1.54, 1.807) is 0 Å². The van der Waals surface area contributed by atoms with Crippen LogP contribution in [0.4, 0.5) is 10.5 Å². The van der Waals surface area contributed by atoms with Crippen LogP contribution in [0.1, 0.15) is 33.2 Å². The Hall–Kier alpha value is -3.55. The predicted octanol–water partition coefficient (Wildman–Crippen LogP) is 2.98. The molecule has 2 aromatic rings. The summed E-state index contributed by atoms with van der Waals surface area (Å²) < 4.78 is 14.9. The summed E-state index contributed by atoms with van der Waals surface area (Å²) in [6.45, 7) is 1.93. The molecule has 28 heavy (non-hydrogen) atoms. The summed E-state index contributed by atoms with van der Waals surface area (Å²) in [5.74, 6) is -0.576. The molecule has 0 unspecified atom stereocenters. The first-order chi connectivity index (χ1) is 13.5. The molecule has 0 fully saturated rings. The van der Waals surface area contributed by atoms with Crippen molar-refractivity contribution in [1.29, 1.82) is 0 Å². The first kappa shape index (κ1) is 20.8. The number of nitrogens with one attached hydrogen (secondary N) is 2. The van der Waals surface area contributed by atoms with Crippen molar-refractivity contribution in [3.05, 3.63) is 59.2 Å². The monoisotopic (exact) mass is 386 g/mol. The van der Waals surface area contributed by atoms with E-state index in [0.29, 0.717) is 5.75 Å². The van der Waals surface area contributed by atoms with Crippen LogP contribution in [0.2, 0.25) is 0 Å². The lowest BCUT2D eigenvalue weighted by Crippen LogP contribution is -2.32. The molecule has 0 aromatic heterocycles. The Bertz CT molecular complexity index is 866. The van der Waals surface area contributed by atoms with Gasteiger partial charge >= 0.3 is 18.0 Å². The van der Waals surface area contributed by atoms with E-state index in [1.165, 1.54) is 32.4 Å². The van der Waals surface area contributed by atoms with E-state index in [0.717, 1.165) is 12.0 Å². The van der Waals surface area contributed by atoms with Gasteiger partial charge in [-0.1, -0.05) is 25.1 Å². The van der Waals surface area contributed by atoms with Gasteiger partial charge < -0.3 is 24.8 Å².